The number of hydrogen-bond donors (Lipinski definition) is 2. The molecule has 3 N–H and O–H groups in total. The van der Waals surface area contributed by atoms with Gasteiger partial charge in [0.15, 0.2) is 0 Å². The molecule has 0 bridgehead atoms. The summed E-state index contributed by atoms with van der Waals surface area (Å²) in [5, 5.41) is 2.93. The number of carbonyl (C=O) groups is 1. The number of benzene rings is 2. The smallest absolute Gasteiger partial charge is 0.255 e. The maximum absolute atomic E-state index is 12.4. The summed E-state index contributed by atoms with van der Waals surface area (Å²) in [5.74, 6) is -0.128. The summed E-state index contributed by atoms with van der Waals surface area (Å²) in [5.41, 5.74) is 9.66. The number of amides is 1. The Morgan fingerprint density at radius 2 is 1.85 bits per heavy atom. The Morgan fingerprint density at radius 1 is 1.15 bits per heavy atom. The van der Waals surface area contributed by atoms with Gasteiger partial charge in [-0.25, -0.2) is 0 Å². The Labute approximate surface area is 119 Å². The van der Waals surface area contributed by atoms with Crippen LogP contribution in [0.3, 0.4) is 0 Å². The second-order valence-corrected chi connectivity index (χ2v) is 4.94. The molecule has 0 aliphatic carbocycles. The van der Waals surface area contributed by atoms with Crippen LogP contribution in [0.5, 0.6) is 0 Å². The minimum atomic E-state index is -0.128. The number of hydrogen-bond acceptors (Lipinski definition) is 3. The van der Waals surface area contributed by atoms with E-state index in [-0.39, 0.29) is 5.91 Å². The number of nitrogen functional groups attached to an aromatic ring is 1. The lowest BCUT2D eigenvalue weighted by molar-refractivity contribution is 0.102. The van der Waals surface area contributed by atoms with E-state index in [1.54, 1.807) is 6.07 Å². The van der Waals surface area contributed by atoms with Gasteiger partial charge in [-0.05, 0) is 36.8 Å². The topological polar surface area (TPSA) is 58.4 Å². The van der Waals surface area contributed by atoms with Gasteiger partial charge in [-0.1, -0.05) is 18.2 Å². The lowest BCUT2D eigenvalue weighted by Crippen LogP contribution is -2.17. The maximum atomic E-state index is 12.4. The third-order valence-corrected chi connectivity index (χ3v) is 3.14. The molecule has 0 spiro atoms. The molecule has 0 aromatic heterocycles. The zero-order chi connectivity index (χ0) is 14.7. The van der Waals surface area contributed by atoms with E-state index in [1.165, 1.54) is 0 Å². The van der Waals surface area contributed by atoms with Crippen LogP contribution in [0.15, 0.2) is 42.5 Å². The average Bonchev–Trinajstić information content (AvgIpc) is 2.38. The van der Waals surface area contributed by atoms with Crippen LogP contribution in [-0.4, -0.2) is 20.0 Å². The summed E-state index contributed by atoms with van der Waals surface area (Å²) in [4.78, 5) is 14.3. The number of rotatable bonds is 3. The zero-order valence-corrected chi connectivity index (χ0v) is 12.0. The normalized spacial score (nSPS) is 10.2. The molecular formula is C16H19N3O. The van der Waals surface area contributed by atoms with Crippen molar-refractivity contribution >= 4 is 23.0 Å². The van der Waals surface area contributed by atoms with Gasteiger partial charge in [0.05, 0.1) is 11.4 Å². The van der Waals surface area contributed by atoms with Crippen molar-refractivity contribution in [3.05, 3.63) is 53.6 Å². The molecule has 2 aromatic rings. The van der Waals surface area contributed by atoms with Crippen LogP contribution in [0.2, 0.25) is 0 Å². The van der Waals surface area contributed by atoms with Crippen LogP contribution in [0.4, 0.5) is 17.1 Å². The highest BCUT2D eigenvalue weighted by Crippen LogP contribution is 2.27. The van der Waals surface area contributed by atoms with Gasteiger partial charge in [-0.2, -0.15) is 0 Å². The van der Waals surface area contributed by atoms with Crippen molar-refractivity contribution in [3.8, 4) is 0 Å². The molecule has 1 amide bonds. The Hall–Kier alpha value is -2.49. The number of carbonyl (C=O) groups excluding carboxylic acids is 1. The first-order valence-electron chi connectivity index (χ1n) is 6.43. The minimum absolute atomic E-state index is 0.128. The Balaban J connectivity index is 2.33. The van der Waals surface area contributed by atoms with E-state index in [9.17, 15) is 4.79 Å². The molecule has 4 nitrogen and oxygen atoms in total. The molecule has 104 valence electrons. The summed E-state index contributed by atoms with van der Waals surface area (Å²) in [6.07, 6.45) is 0. The Morgan fingerprint density at radius 3 is 2.50 bits per heavy atom. The highest BCUT2D eigenvalue weighted by Gasteiger charge is 2.12. The van der Waals surface area contributed by atoms with Crippen molar-refractivity contribution in [1.29, 1.82) is 0 Å². The van der Waals surface area contributed by atoms with Crippen molar-refractivity contribution in [2.24, 2.45) is 0 Å². The average molecular weight is 269 g/mol. The zero-order valence-electron chi connectivity index (χ0n) is 12.0. The minimum Gasteiger partial charge on any atom is -0.399 e. The molecule has 4 heteroatoms. The van der Waals surface area contributed by atoms with Crippen LogP contribution in [-0.2, 0) is 0 Å². The van der Waals surface area contributed by atoms with Crippen molar-refractivity contribution < 1.29 is 4.79 Å². The summed E-state index contributed by atoms with van der Waals surface area (Å²) in [6.45, 7) is 1.92. The van der Waals surface area contributed by atoms with Crippen LogP contribution in [0, 0.1) is 6.92 Å². The third-order valence-electron chi connectivity index (χ3n) is 3.14. The number of nitrogens with two attached hydrogens (primary N) is 1. The monoisotopic (exact) mass is 269 g/mol. The predicted octanol–water partition coefficient (Wildman–Crippen LogP) is 2.90. The van der Waals surface area contributed by atoms with E-state index in [0.29, 0.717) is 16.9 Å². The highest BCUT2D eigenvalue weighted by atomic mass is 16.1. The quantitative estimate of drug-likeness (QED) is 0.842. The van der Waals surface area contributed by atoms with E-state index in [1.807, 2.05) is 62.3 Å². The van der Waals surface area contributed by atoms with Gasteiger partial charge in [-0.15, -0.1) is 0 Å². The molecule has 0 aliphatic heterocycles. The summed E-state index contributed by atoms with van der Waals surface area (Å²) >= 11 is 0. The van der Waals surface area contributed by atoms with E-state index >= 15 is 0 Å². The van der Waals surface area contributed by atoms with E-state index in [2.05, 4.69) is 5.32 Å². The molecule has 2 aromatic carbocycles. The fourth-order valence-electron chi connectivity index (χ4n) is 2.06. The molecule has 0 unspecified atom stereocenters. The van der Waals surface area contributed by atoms with Gasteiger partial charge in [0, 0.05) is 25.3 Å². The van der Waals surface area contributed by atoms with Crippen molar-refractivity contribution in [2.45, 2.75) is 6.92 Å². The predicted molar refractivity (Wildman–Crippen MR) is 84.3 cm³/mol. The molecule has 0 saturated heterocycles. The van der Waals surface area contributed by atoms with Crippen LogP contribution < -0.4 is 16.0 Å². The first kappa shape index (κ1) is 13.9. The molecule has 0 heterocycles. The van der Waals surface area contributed by atoms with Crippen LogP contribution >= 0.6 is 0 Å². The van der Waals surface area contributed by atoms with Gasteiger partial charge in [0.25, 0.3) is 5.91 Å². The van der Waals surface area contributed by atoms with Crippen molar-refractivity contribution in [2.75, 3.05) is 30.0 Å². The van der Waals surface area contributed by atoms with Crippen LogP contribution in [0.25, 0.3) is 0 Å². The molecule has 2 rings (SSSR count). The SMILES string of the molecule is Cc1ccccc1C(=O)Nc1cc(N)ccc1N(C)C. The Kier molecular flexibility index (Phi) is 3.94. The standard InChI is InChI=1S/C16H19N3O/c1-11-6-4-5-7-13(11)16(20)18-14-10-12(17)8-9-15(14)19(2)3/h4-10H,17H2,1-3H3,(H,18,20). The van der Waals surface area contributed by atoms with Gasteiger partial charge in [0.2, 0.25) is 0 Å². The summed E-state index contributed by atoms with van der Waals surface area (Å²) in [7, 11) is 3.85. The molecule has 0 fully saturated rings. The lowest BCUT2D eigenvalue weighted by Gasteiger charge is -2.18. The van der Waals surface area contributed by atoms with Gasteiger partial charge >= 0.3 is 0 Å². The fraction of sp³-hybridized carbons (Fsp3) is 0.188. The molecule has 0 radical (unpaired) electrons. The molecule has 20 heavy (non-hydrogen) atoms. The highest BCUT2D eigenvalue weighted by molar-refractivity contribution is 6.07. The van der Waals surface area contributed by atoms with Crippen molar-refractivity contribution in [1.82, 2.24) is 0 Å². The molecule has 0 aliphatic rings. The summed E-state index contributed by atoms with van der Waals surface area (Å²) in [6, 6.07) is 13.0. The maximum Gasteiger partial charge on any atom is 0.255 e. The van der Waals surface area contributed by atoms with Crippen molar-refractivity contribution in [3.63, 3.8) is 0 Å². The largest absolute Gasteiger partial charge is 0.399 e. The summed E-state index contributed by atoms with van der Waals surface area (Å²) < 4.78 is 0. The van der Waals surface area contributed by atoms with E-state index < -0.39 is 0 Å². The third kappa shape index (κ3) is 2.91. The van der Waals surface area contributed by atoms with Gasteiger partial charge in [0.1, 0.15) is 0 Å². The Bertz CT molecular complexity index is 635. The first-order valence-corrected chi connectivity index (χ1v) is 6.43. The molecule has 0 saturated carbocycles. The van der Waals surface area contributed by atoms with E-state index in [0.717, 1.165) is 11.3 Å². The van der Waals surface area contributed by atoms with Gasteiger partial charge in [-0.3, -0.25) is 4.79 Å². The second kappa shape index (κ2) is 5.65. The van der Waals surface area contributed by atoms with Gasteiger partial charge < -0.3 is 16.0 Å². The lowest BCUT2D eigenvalue weighted by atomic mass is 10.1. The number of anilines is 3. The fourth-order valence-corrected chi connectivity index (χ4v) is 2.06. The number of nitrogens with one attached hydrogen (secondary N) is 1. The molecule has 0 atom stereocenters. The second-order valence-electron chi connectivity index (χ2n) is 4.94. The first-order chi connectivity index (χ1) is 9.49. The van der Waals surface area contributed by atoms with Crippen LogP contribution in [0.1, 0.15) is 15.9 Å². The number of nitrogens with zero attached hydrogens (tertiary/aromatic N) is 1. The van der Waals surface area contributed by atoms with E-state index in [4.69, 9.17) is 5.73 Å². The molecular weight excluding hydrogens is 250 g/mol. The number of aryl methyl sites for hydroxylation is 1.